The fraction of sp³-hybridized carbons (Fsp3) is 0.385. The molecule has 3 rings (SSSR count). The van der Waals surface area contributed by atoms with Gasteiger partial charge in [-0.1, -0.05) is 25.8 Å². The van der Waals surface area contributed by atoms with Crippen molar-refractivity contribution in [2.45, 2.75) is 46.1 Å². The SMILES string of the molecule is CCCCCN1C(=O)C(=O)/C(=C(/O)c2cc(C)c(OC)cc2C)C1c1ccc(OC)c(O)c1. The van der Waals surface area contributed by atoms with Crippen LogP contribution in [0.4, 0.5) is 0 Å². The molecule has 7 heteroatoms. The van der Waals surface area contributed by atoms with E-state index in [1.54, 1.807) is 31.4 Å². The lowest BCUT2D eigenvalue weighted by Gasteiger charge is -2.26. The first-order valence-corrected chi connectivity index (χ1v) is 11.1. The maximum Gasteiger partial charge on any atom is 0.295 e. The quantitative estimate of drug-likeness (QED) is 0.262. The maximum atomic E-state index is 13.2. The van der Waals surface area contributed by atoms with Gasteiger partial charge in [-0.2, -0.15) is 0 Å². The number of hydrogen-bond acceptors (Lipinski definition) is 6. The molecule has 0 bridgehead atoms. The molecule has 0 saturated carbocycles. The number of aliphatic hydroxyl groups is 1. The molecule has 176 valence electrons. The van der Waals surface area contributed by atoms with Gasteiger partial charge in [-0.05, 0) is 61.2 Å². The number of aryl methyl sites for hydroxylation is 2. The molecule has 2 aromatic carbocycles. The Morgan fingerprint density at radius 1 is 1.00 bits per heavy atom. The number of ketones is 1. The second-order valence-corrected chi connectivity index (χ2v) is 8.27. The number of Topliss-reactive ketones (excluding diaryl/α,β-unsaturated/α-hetero) is 1. The molecule has 1 unspecified atom stereocenters. The number of methoxy groups -OCH3 is 2. The summed E-state index contributed by atoms with van der Waals surface area (Å²) in [4.78, 5) is 27.6. The highest BCUT2D eigenvalue weighted by molar-refractivity contribution is 6.46. The van der Waals surface area contributed by atoms with Gasteiger partial charge in [0.1, 0.15) is 11.5 Å². The minimum absolute atomic E-state index is 0.00809. The number of ether oxygens (including phenoxy) is 2. The predicted octanol–water partition coefficient (Wildman–Crippen LogP) is 4.64. The molecular formula is C26H31NO6. The van der Waals surface area contributed by atoms with Gasteiger partial charge in [-0.3, -0.25) is 9.59 Å². The Morgan fingerprint density at radius 3 is 2.30 bits per heavy atom. The Hall–Kier alpha value is -3.48. The molecular weight excluding hydrogens is 422 g/mol. The van der Waals surface area contributed by atoms with Crippen molar-refractivity contribution in [3.8, 4) is 17.2 Å². The molecule has 33 heavy (non-hydrogen) atoms. The van der Waals surface area contributed by atoms with E-state index < -0.39 is 17.7 Å². The van der Waals surface area contributed by atoms with E-state index in [1.165, 1.54) is 18.1 Å². The summed E-state index contributed by atoms with van der Waals surface area (Å²) in [6.07, 6.45) is 2.59. The van der Waals surface area contributed by atoms with E-state index in [1.807, 2.05) is 13.8 Å². The summed E-state index contributed by atoms with van der Waals surface area (Å²) >= 11 is 0. The molecule has 1 amide bonds. The van der Waals surface area contributed by atoms with E-state index in [9.17, 15) is 19.8 Å². The molecule has 1 heterocycles. The molecule has 1 atom stereocenters. The standard InChI is InChI=1S/C26H31NO6/c1-6-7-8-11-27-23(17-9-10-20(32-4)19(28)14-17)22(25(30)26(27)31)24(29)18-12-16(3)21(33-5)13-15(18)2/h9-10,12-14,23,28-29H,6-8,11H2,1-5H3/b24-22+. The fourth-order valence-corrected chi connectivity index (χ4v) is 4.28. The van der Waals surface area contributed by atoms with Gasteiger partial charge in [-0.15, -0.1) is 0 Å². The number of phenols is 1. The van der Waals surface area contributed by atoms with Crippen LogP contribution in [0, 0.1) is 13.8 Å². The third kappa shape index (κ3) is 4.53. The van der Waals surface area contributed by atoms with Crippen molar-refractivity contribution in [1.82, 2.24) is 4.90 Å². The minimum atomic E-state index is -0.819. The number of phenolic OH excluding ortho intramolecular Hbond substituents is 1. The van der Waals surface area contributed by atoms with E-state index in [4.69, 9.17) is 9.47 Å². The first-order valence-electron chi connectivity index (χ1n) is 11.1. The molecule has 1 saturated heterocycles. The molecule has 2 aromatic rings. The van der Waals surface area contributed by atoms with Gasteiger partial charge in [-0.25, -0.2) is 0 Å². The number of amides is 1. The summed E-state index contributed by atoms with van der Waals surface area (Å²) in [7, 11) is 3.01. The zero-order valence-electron chi connectivity index (χ0n) is 19.8. The van der Waals surface area contributed by atoms with Crippen molar-refractivity contribution in [1.29, 1.82) is 0 Å². The van der Waals surface area contributed by atoms with Gasteiger partial charge in [0.25, 0.3) is 11.7 Å². The molecule has 1 aliphatic rings. The van der Waals surface area contributed by atoms with Crippen LogP contribution < -0.4 is 9.47 Å². The van der Waals surface area contributed by atoms with Gasteiger partial charge < -0.3 is 24.6 Å². The lowest BCUT2D eigenvalue weighted by molar-refractivity contribution is -0.139. The molecule has 0 aromatic heterocycles. The third-order valence-corrected chi connectivity index (χ3v) is 6.06. The number of benzene rings is 2. The zero-order chi connectivity index (χ0) is 24.3. The third-order valence-electron chi connectivity index (χ3n) is 6.06. The van der Waals surface area contributed by atoms with Crippen molar-refractivity contribution in [2.24, 2.45) is 0 Å². The zero-order valence-corrected chi connectivity index (χ0v) is 19.8. The van der Waals surface area contributed by atoms with Crippen molar-refractivity contribution >= 4 is 17.4 Å². The number of aliphatic hydroxyl groups excluding tert-OH is 1. The number of unbranched alkanes of at least 4 members (excludes halogenated alkanes) is 2. The average molecular weight is 454 g/mol. The van der Waals surface area contributed by atoms with Crippen LogP contribution >= 0.6 is 0 Å². The van der Waals surface area contributed by atoms with Crippen LogP contribution in [-0.4, -0.2) is 47.6 Å². The smallest absolute Gasteiger partial charge is 0.295 e. The largest absolute Gasteiger partial charge is 0.507 e. The van der Waals surface area contributed by atoms with E-state index >= 15 is 0 Å². The Labute approximate surface area is 194 Å². The lowest BCUT2D eigenvalue weighted by atomic mass is 9.92. The van der Waals surface area contributed by atoms with E-state index in [0.29, 0.717) is 29.0 Å². The van der Waals surface area contributed by atoms with Crippen LogP contribution in [0.15, 0.2) is 35.9 Å². The van der Waals surface area contributed by atoms with Crippen molar-refractivity contribution in [3.63, 3.8) is 0 Å². The Kier molecular flexibility index (Phi) is 7.31. The number of hydrogen-bond donors (Lipinski definition) is 2. The van der Waals surface area contributed by atoms with Gasteiger partial charge in [0.05, 0.1) is 25.8 Å². The summed E-state index contributed by atoms with van der Waals surface area (Å²) in [5, 5.41) is 21.7. The summed E-state index contributed by atoms with van der Waals surface area (Å²) in [5.74, 6) is -0.794. The van der Waals surface area contributed by atoms with Crippen LogP contribution in [0.5, 0.6) is 17.2 Å². The Bertz CT molecular complexity index is 1100. The van der Waals surface area contributed by atoms with Crippen LogP contribution in [0.1, 0.15) is 54.5 Å². The topological polar surface area (TPSA) is 96.3 Å². The van der Waals surface area contributed by atoms with Crippen LogP contribution in [0.3, 0.4) is 0 Å². The van der Waals surface area contributed by atoms with Crippen molar-refractivity contribution < 1.29 is 29.3 Å². The summed E-state index contributed by atoms with van der Waals surface area (Å²) < 4.78 is 10.5. The summed E-state index contributed by atoms with van der Waals surface area (Å²) in [6, 6.07) is 7.47. The number of nitrogens with zero attached hydrogens (tertiary/aromatic N) is 1. The van der Waals surface area contributed by atoms with Gasteiger partial charge in [0.2, 0.25) is 0 Å². The fourth-order valence-electron chi connectivity index (χ4n) is 4.28. The molecule has 2 N–H and O–H groups in total. The predicted molar refractivity (Wildman–Crippen MR) is 126 cm³/mol. The number of aromatic hydroxyl groups is 1. The highest BCUT2D eigenvalue weighted by Crippen LogP contribution is 2.42. The Morgan fingerprint density at radius 2 is 1.70 bits per heavy atom. The van der Waals surface area contributed by atoms with Crippen LogP contribution in [-0.2, 0) is 9.59 Å². The number of carbonyl (C=O) groups excluding carboxylic acids is 2. The normalized spacial score (nSPS) is 17.5. The van der Waals surface area contributed by atoms with Gasteiger partial charge in [0.15, 0.2) is 11.5 Å². The monoisotopic (exact) mass is 453 g/mol. The van der Waals surface area contributed by atoms with E-state index in [0.717, 1.165) is 24.8 Å². The average Bonchev–Trinajstić information content (AvgIpc) is 3.05. The first kappa shape index (κ1) is 24.2. The van der Waals surface area contributed by atoms with Crippen LogP contribution in [0.25, 0.3) is 5.76 Å². The first-order chi connectivity index (χ1) is 15.7. The van der Waals surface area contributed by atoms with E-state index in [2.05, 4.69) is 6.92 Å². The number of carbonyl (C=O) groups is 2. The number of rotatable bonds is 8. The Balaban J connectivity index is 2.20. The molecule has 0 radical (unpaired) electrons. The highest BCUT2D eigenvalue weighted by Gasteiger charge is 2.46. The molecule has 7 nitrogen and oxygen atoms in total. The molecule has 1 fully saturated rings. The number of likely N-dealkylation sites (tertiary alicyclic amines) is 1. The summed E-state index contributed by atoms with van der Waals surface area (Å²) in [6.45, 7) is 6.08. The summed E-state index contributed by atoms with van der Waals surface area (Å²) in [5.41, 5.74) is 2.49. The second-order valence-electron chi connectivity index (χ2n) is 8.27. The highest BCUT2D eigenvalue weighted by atomic mass is 16.5. The van der Waals surface area contributed by atoms with E-state index in [-0.39, 0.29) is 22.8 Å². The second kappa shape index (κ2) is 9.98. The van der Waals surface area contributed by atoms with Crippen LogP contribution in [0.2, 0.25) is 0 Å². The van der Waals surface area contributed by atoms with Gasteiger partial charge >= 0.3 is 0 Å². The lowest BCUT2D eigenvalue weighted by Crippen LogP contribution is -2.30. The van der Waals surface area contributed by atoms with Crippen molar-refractivity contribution in [3.05, 3.63) is 58.2 Å². The maximum absolute atomic E-state index is 13.2. The molecule has 0 aliphatic carbocycles. The molecule has 1 aliphatic heterocycles. The van der Waals surface area contributed by atoms with Crippen molar-refractivity contribution in [2.75, 3.05) is 20.8 Å². The molecule has 0 spiro atoms. The van der Waals surface area contributed by atoms with Gasteiger partial charge in [0, 0.05) is 12.1 Å². The minimum Gasteiger partial charge on any atom is -0.507 e.